The molecule has 1 unspecified atom stereocenters. The minimum atomic E-state index is 0.540. The molecule has 1 atom stereocenters. The lowest BCUT2D eigenvalue weighted by Gasteiger charge is -2.06. The molecule has 0 fully saturated rings. The highest BCUT2D eigenvalue weighted by Gasteiger charge is 2.07. The van der Waals surface area contributed by atoms with Crippen LogP contribution in [0, 0.1) is 12.8 Å². The van der Waals surface area contributed by atoms with Crippen LogP contribution in [0.25, 0.3) is 5.65 Å². The van der Waals surface area contributed by atoms with E-state index in [0.717, 1.165) is 30.9 Å². The smallest absolute Gasteiger partial charge is 0.161 e. The molecule has 0 aliphatic carbocycles. The van der Waals surface area contributed by atoms with E-state index in [0.29, 0.717) is 5.92 Å². The van der Waals surface area contributed by atoms with Gasteiger partial charge in [0, 0.05) is 12.6 Å². The van der Waals surface area contributed by atoms with Crippen LogP contribution in [0.2, 0.25) is 0 Å². The zero-order chi connectivity index (χ0) is 11.5. The molecular formula is C12H18N4. The minimum absolute atomic E-state index is 0.540. The second-order valence-electron chi connectivity index (χ2n) is 4.43. The molecule has 16 heavy (non-hydrogen) atoms. The van der Waals surface area contributed by atoms with Gasteiger partial charge >= 0.3 is 0 Å². The number of aryl methyl sites for hydroxylation is 2. The zero-order valence-electron chi connectivity index (χ0n) is 9.85. The fourth-order valence-corrected chi connectivity index (χ4v) is 1.71. The fraction of sp³-hybridized carbons (Fsp3) is 0.500. The fourth-order valence-electron chi connectivity index (χ4n) is 1.71. The lowest BCUT2D eigenvalue weighted by Crippen LogP contribution is -2.12. The Kier molecular flexibility index (Phi) is 3.19. The normalized spacial score (nSPS) is 13.2. The quantitative estimate of drug-likeness (QED) is 0.847. The summed E-state index contributed by atoms with van der Waals surface area (Å²) in [5.74, 6) is 1.56. The number of aromatic nitrogens is 3. The molecule has 0 bridgehead atoms. The Bertz CT molecular complexity index is 475. The summed E-state index contributed by atoms with van der Waals surface area (Å²) in [6.07, 6.45) is 4.03. The standard InChI is InChI=1S/C12H18N4/c1-9-5-6-16-11(4-3-10(2)8-13)14-15-12(16)7-9/h5-7,10H,3-4,8,13H2,1-2H3. The molecule has 2 aromatic heterocycles. The first-order valence-corrected chi connectivity index (χ1v) is 5.71. The predicted octanol–water partition coefficient (Wildman–Crippen LogP) is 1.57. The van der Waals surface area contributed by atoms with Crippen LogP contribution >= 0.6 is 0 Å². The van der Waals surface area contributed by atoms with Crippen LogP contribution in [0.4, 0.5) is 0 Å². The summed E-state index contributed by atoms with van der Waals surface area (Å²) in [5.41, 5.74) is 7.74. The molecule has 2 rings (SSSR count). The van der Waals surface area contributed by atoms with E-state index in [2.05, 4.69) is 34.5 Å². The number of hydrogen-bond donors (Lipinski definition) is 1. The van der Waals surface area contributed by atoms with Gasteiger partial charge in [0.25, 0.3) is 0 Å². The van der Waals surface area contributed by atoms with E-state index in [1.54, 1.807) is 0 Å². The van der Waals surface area contributed by atoms with Gasteiger partial charge < -0.3 is 5.73 Å². The van der Waals surface area contributed by atoms with E-state index in [4.69, 9.17) is 5.73 Å². The summed E-state index contributed by atoms with van der Waals surface area (Å²) in [7, 11) is 0. The predicted molar refractivity (Wildman–Crippen MR) is 64.3 cm³/mol. The van der Waals surface area contributed by atoms with E-state index in [1.165, 1.54) is 5.56 Å². The van der Waals surface area contributed by atoms with E-state index in [9.17, 15) is 0 Å². The van der Waals surface area contributed by atoms with Crippen LogP contribution in [-0.4, -0.2) is 21.1 Å². The maximum absolute atomic E-state index is 5.60. The summed E-state index contributed by atoms with van der Waals surface area (Å²) < 4.78 is 2.05. The second kappa shape index (κ2) is 4.61. The van der Waals surface area contributed by atoms with Gasteiger partial charge in [0.05, 0.1) is 0 Å². The van der Waals surface area contributed by atoms with Crippen molar-refractivity contribution in [3.8, 4) is 0 Å². The number of pyridine rings is 1. The highest BCUT2D eigenvalue weighted by Crippen LogP contribution is 2.10. The van der Waals surface area contributed by atoms with E-state index >= 15 is 0 Å². The van der Waals surface area contributed by atoms with Gasteiger partial charge in [-0.25, -0.2) is 0 Å². The third-order valence-corrected chi connectivity index (χ3v) is 2.90. The molecule has 86 valence electrons. The Morgan fingerprint density at radius 1 is 1.44 bits per heavy atom. The van der Waals surface area contributed by atoms with Gasteiger partial charge in [0.15, 0.2) is 5.65 Å². The van der Waals surface area contributed by atoms with Crippen molar-refractivity contribution in [2.24, 2.45) is 11.7 Å². The molecule has 0 radical (unpaired) electrons. The van der Waals surface area contributed by atoms with Gasteiger partial charge in [0.1, 0.15) is 5.82 Å². The van der Waals surface area contributed by atoms with Gasteiger partial charge in [-0.05, 0) is 43.5 Å². The van der Waals surface area contributed by atoms with Crippen molar-refractivity contribution in [3.63, 3.8) is 0 Å². The highest BCUT2D eigenvalue weighted by atomic mass is 15.2. The Labute approximate surface area is 95.5 Å². The number of hydrogen-bond acceptors (Lipinski definition) is 3. The molecule has 0 saturated carbocycles. The Balaban J connectivity index is 2.19. The van der Waals surface area contributed by atoms with Crippen molar-refractivity contribution in [2.75, 3.05) is 6.54 Å². The molecule has 0 spiro atoms. The molecule has 4 heteroatoms. The zero-order valence-corrected chi connectivity index (χ0v) is 9.85. The van der Waals surface area contributed by atoms with E-state index < -0.39 is 0 Å². The third kappa shape index (κ3) is 2.22. The summed E-state index contributed by atoms with van der Waals surface area (Å²) in [4.78, 5) is 0. The van der Waals surface area contributed by atoms with Crippen LogP contribution in [0.3, 0.4) is 0 Å². The highest BCUT2D eigenvalue weighted by molar-refractivity contribution is 5.40. The molecule has 2 aromatic rings. The van der Waals surface area contributed by atoms with Gasteiger partial charge in [-0.15, -0.1) is 10.2 Å². The topological polar surface area (TPSA) is 56.2 Å². The van der Waals surface area contributed by atoms with Gasteiger partial charge in [-0.1, -0.05) is 6.92 Å². The van der Waals surface area contributed by atoms with Crippen molar-refractivity contribution in [1.82, 2.24) is 14.6 Å². The van der Waals surface area contributed by atoms with Crippen LogP contribution < -0.4 is 5.73 Å². The molecule has 2 N–H and O–H groups in total. The third-order valence-electron chi connectivity index (χ3n) is 2.90. The molecule has 0 aromatic carbocycles. The van der Waals surface area contributed by atoms with Gasteiger partial charge in [-0.2, -0.15) is 0 Å². The number of rotatable bonds is 4. The maximum Gasteiger partial charge on any atom is 0.161 e. The lowest BCUT2D eigenvalue weighted by atomic mass is 10.1. The number of nitrogens with two attached hydrogens (primary N) is 1. The maximum atomic E-state index is 5.60. The Hall–Kier alpha value is -1.42. The van der Waals surface area contributed by atoms with Crippen molar-refractivity contribution < 1.29 is 0 Å². The first kappa shape index (κ1) is 11.1. The van der Waals surface area contributed by atoms with Crippen LogP contribution in [0.15, 0.2) is 18.3 Å². The van der Waals surface area contributed by atoms with Crippen LogP contribution in [-0.2, 0) is 6.42 Å². The van der Waals surface area contributed by atoms with Gasteiger partial charge in [0.2, 0.25) is 0 Å². The average Bonchev–Trinajstić information content (AvgIpc) is 2.68. The van der Waals surface area contributed by atoms with Crippen molar-refractivity contribution in [2.45, 2.75) is 26.7 Å². The van der Waals surface area contributed by atoms with Crippen LogP contribution in [0.5, 0.6) is 0 Å². The molecule has 0 aliphatic rings. The largest absolute Gasteiger partial charge is 0.330 e. The first-order valence-electron chi connectivity index (χ1n) is 5.71. The lowest BCUT2D eigenvalue weighted by molar-refractivity contribution is 0.534. The van der Waals surface area contributed by atoms with Crippen molar-refractivity contribution in [3.05, 3.63) is 29.7 Å². The van der Waals surface area contributed by atoms with Crippen LogP contribution in [0.1, 0.15) is 24.7 Å². The minimum Gasteiger partial charge on any atom is -0.330 e. The summed E-state index contributed by atoms with van der Waals surface area (Å²) >= 11 is 0. The summed E-state index contributed by atoms with van der Waals surface area (Å²) in [5, 5.41) is 8.38. The van der Waals surface area contributed by atoms with Gasteiger partial charge in [-0.3, -0.25) is 4.40 Å². The number of nitrogens with zero attached hydrogens (tertiary/aromatic N) is 3. The van der Waals surface area contributed by atoms with E-state index in [-0.39, 0.29) is 0 Å². The molecule has 4 nitrogen and oxygen atoms in total. The monoisotopic (exact) mass is 218 g/mol. The second-order valence-corrected chi connectivity index (χ2v) is 4.43. The molecule has 0 saturated heterocycles. The van der Waals surface area contributed by atoms with Crippen molar-refractivity contribution in [1.29, 1.82) is 0 Å². The van der Waals surface area contributed by atoms with E-state index in [1.807, 2.05) is 12.3 Å². The molecule has 2 heterocycles. The molecular weight excluding hydrogens is 200 g/mol. The van der Waals surface area contributed by atoms with Crippen molar-refractivity contribution >= 4 is 5.65 Å². The SMILES string of the molecule is Cc1ccn2c(CCC(C)CN)nnc2c1. The Morgan fingerprint density at radius 2 is 2.25 bits per heavy atom. The molecule has 0 aliphatic heterocycles. The summed E-state index contributed by atoms with van der Waals surface area (Å²) in [6.45, 7) is 4.95. The molecule has 0 amide bonds. The summed E-state index contributed by atoms with van der Waals surface area (Å²) in [6, 6.07) is 4.12. The Morgan fingerprint density at radius 3 is 3.00 bits per heavy atom. The first-order chi connectivity index (χ1) is 7.70. The number of fused-ring (bicyclic) bond motifs is 1. The average molecular weight is 218 g/mol.